The van der Waals surface area contributed by atoms with Crippen molar-refractivity contribution < 1.29 is 19.1 Å². The van der Waals surface area contributed by atoms with Crippen molar-refractivity contribution >= 4 is 17.8 Å². The summed E-state index contributed by atoms with van der Waals surface area (Å²) >= 11 is 0. The van der Waals surface area contributed by atoms with E-state index in [9.17, 15) is 14.4 Å². The minimum Gasteiger partial charge on any atom is -0.469 e. The third kappa shape index (κ3) is 5.05. The molecule has 0 N–H and O–H groups in total. The zero-order valence-electron chi connectivity index (χ0n) is 14.9. The van der Waals surface area contributed by atoms with Gasteiger partial charge in [-0.3, -0.25) is 14.4 Å². The lowest BCUT2D eigenvalue weighted by Gasteiger charge is -2.40. The van der Waals surface area contributed by atoms with Crippen molar-refractivity contribution in [3.63, 3.8) is 0 Å². The molecule has 136 valence electrons. The Morgan fingerprint density at radius 2 is 1.96 bits per heavy atom. The van der Waals surface area contributed by atoms with E-state index in [1.165, 1.54) is 7.11 Å². The van der Waals surface area contributed by atoms with Crippen LogP contribution in [0.25, 0.3) is 0 Å². The molecule has 0 aliphatic carbocycles. The van der Waals surface area contributed by atoms with E-state index < -0.39 is 6.04 Å². The van der Waals surface area contributed by atoms with Gasteiger partial charge in [-0.15, -0.1) is 0 Å². The second kappa shape index (κ2) is 9.20. The summed E-state index contributed by atoms with van der Waals surface area (Å²) in [6.45, 7) is 3.11. The number of esters is 1. The molecule has 0 spiro atoms. The summed E-state index contributed by atoms with van der Waals surface area (Å²) in [4.78, 5) is 40.2. The van der Waals surface area contributed by atoms with Gasteiger partial charge in [0.1, 0.15) is 6.04 Å². The second-order valence-electron chi connectivity index (χ2n) is 6.25. The second-order valence-corrected chi connectivity index (χ2v) is 6.25. The molecule has 25 heavy (non-hydrogen) atoms. The van der Waals surface area contributed by atoms with E-state index in [2.05, 4.69) is 4.74 Å². The van der Waals surface area contributed by atoms with E-state index in [4.69, 9.17) is 0 Å². The molecule has 1 heterocycles. The third-order valence-electron chi connectivity index (χ3n) is 4.45. The van der Waals surface area contributed by atoms with Crippen LogP contribution < -0.4 is 0 Å². The Hall–Kier alpha value is -2.37. The van der Waals surface area contributed by atoms with Crippen LogP contribution >= 0.6 is 0 Å². The van der Waals surface area contributed by atoms with Crippen LogP contribution in [0.2, 0.25) is 0 Å². The molecule has 1 aliphatic heterocycles. The van der Waals surface area contributed by atoms with Gasteiger partial charge in [0.2, 0.25) is 11.8 Å². The van der Waals surface area contributed by atoms with Crippen molar-refractivity contribution in [3.05, 3.63) is 35.9 Å². The van der Waals surface area contributed by atoms with Crippen molar-refractivity contribution in [1.29, 1.82) is 0 Å². The van der Waals surface area contributed by atoms with Crippen LogP contribution in [-0.4, -0.2) is 53.8 Å². The molecule has 6 nitrogen and oxygen atoms in total. The Morgan fingerprint density at radius 3 is 2.60 bits per heavy atom. The fraction of sp³-hybridized carbons (Fsp3) is 0.526. The van der Waals surface area contributed by atoms with Crippen LogP contribution in [0, 0.1) is 0 Å². The van der Waals surface area contributed by atoms with E-state index in [1.807, 2.05) is 37.3 Å². The lowest BCUT2D eigenvalue weighted by molar-refractivity contribution is -0.157. The van der Waals surface area contributed by atoms with Crippen LogP contribution in [0.1, 0.15) is 38.2 Å². The summed E-state index contributed by atoms with van der Waals surface area (Å²) in [5, 5.41) is 0. The highest BCUT2D eigenvalue weighted by molar-refractivity contribution is 5.95. The van der Waals surface area contributed by atoms with E-state index in [1.54, 1.807) is 9.80 Å². The van der Waals surface area contributed by atoms with Crippen LogP contribution in [0.4, 0.5) is 0 Å². The zero-order chi connectivity index (χ0) is 18.2. The van der Waals surface area contributed by atoms with E-state index in [0.717, 1.165) is 18.4 Å². The molecule has 1 saturated heterocycles. The molecule has 0 saturated carbocycles. The smallest absolute Gasteiger partial charge is 0.305 e. The van der Waals surface area contributed by atoms with Gasteiger partial charge in [0, 0.05) is 19.5 Å². The molecule has 6 heteroatoms. The molecule has 1 aromatic rings. The first-order valence-corrected chi connectivity index (χ1v) is 8.75. The summed E-state index contributed by atoms with van der Waals surface area (Å²) in [6.07, 6.45) is 2.22. The Labute approximate surface area is 148 Å². The van der Waals surface area contributed by atoms with Gasteiger partial charge in [0.05, 0.1) is 13.7 Å². The van der Waals surface area contributed by atoms with Gasteiger partial charge < -0.3 is 14.5 Å². The summed E-state index contributed by atoms with van der Waals surface area (Å²) < 4.78 is 4.68. The first-order chi connectivity index (χ1) is 12.1. The molecule has 1 atom stereocenters. The lowest BCUT2D eigenvalue weighted by atomic mass is 10.0. The normalized spacial score (nSPS) is 17.8. The Bertz CT molecular complexity index is 603. The van der Waals surface area contributed by atoms with Crippen molar-refractivity contribution in [2.45, 2.75) is 45.2 Å². The monoisotopic (exact) mass is 346 g/mol. The number of hydrogen-bond donors (Lipinski definition) is 0. The maximum absolute atomic E-state index is 12.9. The molecule has 1 unspecified atom stereocenters. The lowest BCUT2D eigenvalue weighted by Crippen LogP contribution is -2.59. The van der Waals surface area contributed by atoms with Gasteiger partial charge >= 0.3 is 5.97 Å². The van der Waals surface area contributed by atoms with Gasteiger partial charge in [0.15, 0.2) is 0 Å². The van der Waals surface area contributed by atoms with E-state index >= 15 is 0 Å². The predicted molar refractivity (Wildman–Crippen MR) is 93.5 cm³/mol. The maximum Gasteiger partial charge on any atom is 0.305 e. The highest BCUT2D eigenvalue weighted by Crippen LogP contribution is 2.21. The molecule has 2 amide bonds. The molecule has 1 aromatic carbocycles. The number of hydrogen-bond acceptors (Lipinski definition) is 4. The van der Waals surface area contributed by atoms with Crippen LogP contribution in [0.15, 0.2) is 30.3 Å². The number of carbonyl (C=O) groups excluding carboxylic acids is 3. The topological polar surface area (TPSA) is 66.9 Å². The molecule has 2 rings (SSSR count). The molecular formula is C19H26N2O4. The van der Waals surface area contributed by atoms with E-state index in [-0.39, 0.29) is 37.2 Å². The number of nitrogens with zero attached hydrogens (tertiary/aromatic N) is 2. The number of carbonyl (C=O) groups is 3. The number of rotatable bonds is 8. The van der Waals surface area contributed by atoms with Gasteiger partial charge in [-0.2, -0.15) is 0 Å². The predicted octanol–water partition coefficient (Wildman–Crippen LogP) is 1.98. The molecule has 1 fully saturated rings. The Kier molecular flexibility index (Phi) is 6.98. The molecule has 0 aromatic heterocycles. The Morgan fingerprint density at radius 1 is 1.24 bits per heavy atom. The number of ether oxygens (including phenoxy) is 1. The number of methoxy groups -OCH3 is 1. The van der Waals surface area contributed by atoms with Crippen molar-refractivity contribution in [3.8, 4) is 0 Å². The van der Waals surface area contributed by atoms with Crippen molar-refractivity contribution in [2.24, 2.45) is 0 Å². The van der Waals surface area contributed by atoms with Crippen LogP contribution in [0.5, 0.6) is 0 Å². The average molecular weight is 346 g/mol. The highest BCUT2D eigenvalue weighted by atomic mass is 16.5. The quantitative estimate of drug-likeness (QED) is 0.675. The molecule has 0 bridgehead atoms. The average Bonchev–Trinajstić information content (AvgIpc) is 2.63. The van der Waals surface area contributed by atoms with Crippen LogP contribution in [-0.2, 0) is 25.7 Å². The van der Waals surface area contributed by atoms with Crippen molar-refractivity contribution in [1.82, 2.24) is 9.80 Å². The first kappa shape index (κ1) is 19.0. The number of piperazine rings is 1. The summed E-state index contributed by atoms with van der Waals surface area (Å²) in [5.41, 5.74) is 0.966. The van der Waals surface area contributed by atoms with Gasteiger partial charge in [-0.25, -0.2) is 0 Å². The zero-order valence-corrected chi connectivity index (χ0v) is 14.9. The van der Waals surface area contributed by atoms with Crippen molar-refractivity contribution in [2.75, 3.05) is 20.2 Å². The summed E-state index contributed by atoms with van der Waals surface area (Å²) in [6, 6.07) is 8.97. The van der Waals surface area contributed by atoms with Gasteiger partial charge in [-0.05, 0) is 18.4 Å². The SMILES string of the molecule is CCCCN1CC(=O)N(Cc2ccccc2)C(CCC(=O)OC)C1=O. The largest absolute Gasteiger partial charge is 0.469 e. The molecule has 0 radical (unpaired) electrons. The van der Waals surface area contributed by atoms with Gasteiger partial charge in [-0.1, -0.05) is 43.7 Å². The fourth-order valence-electron chi connectivity index (χ4n) is 3.00. The third-order valence-corrected chi connectivity index (χ3v) is 4.45. The van der Waals surface area contributed by atoms with Gasteiger partial charge in [0.25, 0.3) is 0 Å². The summed E-state index contributed by atoms with van der Waals surface area (Å²) in [7, 11) is 1.32. The first-order valence-electron chi connectivity index (χ1n) is 8.75. The minimum atomic E-state index is -0.614. The maximum atomic E-state index is 12.9. The van der Waals surface area contributed by atoms with Crippen LogP contribution in [0.3, 0.4) is 0 Å². The molecular weight excluding hydrogens is 320 g/mol. The number of unbranched alkanes of at least 4 members (excludes halogenated alkanes) is 1. The highest BCUT2D eigenvalue weighted by Gasteiger charge is 2.38. The minimum absolute atomic E-state index is 0.0746. The standard InChI is InChI=1S/C19H26N2O4/c1-3-4-12-20-14-17(22)21(13-15-8-6-5-7-9-15)16(19(20)24)10-11-18(23)25-2/h5-9,16H,3-4,10-14H2,1-2H3. The summed E-state index contributed by atoms with van der Waals surface area (Å²) in [5.74, 6) is -0.520. The molecule has 1 aliphatic rings. The number of benzene rings is 1. The number of amides is 2. The fourth-order valence-corrected chi connectivity index (χ4v) is 3.00. The van der Waals surface area contributed by atoms with E-state index in [0.29, 0.717) is 13.1 Å². The Balaban J connectivity index is 2.16.